The molecule has 114 valence electrons. The summed E-state index contributed by atoms with van der Waals surface area (Å²) in [6, 6.07) is 13.3. The molecule has 2 aromatic carbocycles. The van der Waals surface area contributed by atoms with Crippen LogP contribution in [-0.2, 0) is 4.79 Å². The summed E-state index contributed by atoms with van der Waals surface area (Å²) in [5.74, 6) is -0.0694. The molecule has 0 saturated heterocycles. The van der Waals surface area contributed by atoms with E-state index in [1.54, 1.807) is 23.1 Å². The minimum Gasteiger partial charge on any atom is -0.491 e. The number of ether oxygens (including phenoxy) is 1. The molecule has 1 aliphatic rings. The second-order valence-electron chi connectivity index (χ2n) is 5.03. The van der Waals surface area contributed by atoms with Crippen LogP contribution in [-0.4, -0.2) is 29.8 Å². The highest BCUT2D eigenvalue weighted by atomic mass is 35.5. The Kier molecular flexibility index (Phi) is 4.29. The lowest BCUT2D eigenvalue weighted by Crippen LogP contribution is -2.38. The molecule has 0 N–H and O–H groups in total. The fourth-order valence-electron chi connectivity index (χ4n) is 2.77. The summed E-state index contributed by atoms with van der Waals surface area (Å²) in [5, 5.41) is 0. The van der Waals surface area contributed by atoms with Gasteiger partial charge in [-0.2, -0.15) is 0 Å². The van der Waals surface area contributed by atoms with E-state index in [9.17, 15) is 9.18 Å². The van der Waals surface area contributed by atoms with E-state index in [4.69, 9.17) is 16.3 Å². The molecule has 1 aliphatic heterocycles. The fourth-order valence-corrected chi connectivity index (χ4v) is 2.92. The maximum atomic E-state index is 14.3. The zero-order valence-corrected chi connectivity index (χ0v) is 12.6. The Bertz CT molecular complexity index is 692. The lowest BCUT2D eigenvalue weighted by Gasteiger charge is -2.30. The zero-order chi connectivity index (χ0) is 15.5. The van der Waals surface area contributed by atoms with Gasteiger partial charge in [-0.15, -0.1) is 11.6 Å². The molecule has 1 heterocycles. The van der Waals surface area contributed by atoms with Crippen LogP contribution in [0.2, 0.25) is 0 Å². The van der Waals surface area contributed by atoms with E-state index < -0.39 is 6.04 Å². The maximum Gasteiger partial charge on any atom is 0.238 e. The molecule has 5 heteroatoms. The average molecular weight is 320 g/mol. The molecule has 22 heavy (non-hydrogen) atoms. The monoisotopic (exact) mass is 319 g/mol. The van der Waals surface area contributed by atoms with Crippen LogP contribution < -0.4 is 4.74 Å². The number of rotatable bonds is 2. The summed E-state index contributed by atoms with van der Waals surface area (Å²) < 4.78 is 20.0. The topological polar surface area (TPSA) is 29.5 Å². The van der Waals surface area contributed by atoms with Gasteiger partial charge in [0.1, 0.15) is 24.1 Å². The second-order valence-corrected chi connectivity index (χ2v) is 5.30. The van der Waals surface area contributed by atoms with Crippen LogP contribution in [0.15, 0.2) is 48.5 Å². The predicted molar refractivity (Wildman–Crippen MR) is 82.6 cm³/mol. The number of alkyl halides is 1. The Morgan fingerprint density at radius 3 is 2.59 bits per heavy atom. The number of benzene rings is 2. The Morgan fingerprint density at radius 1 is 1.18 bits per heavy atom. The molecule has 3 rings (SSSR count). The van der Waals surface area contributed by atoms with Gasteiger partial charge in [-0.1, -0.05) is 36.4 Å². The van der Waals surface area contributed by atoms with E-state index in [1.165, 1.54) is 6.07 Å². The van der Waals surface area contributed by atoms with Crippen LogP contribution in [0, 0.1) is 5.82 Å². The summed E-state index contributed by atoms with van der Waals surface area (Å²) in [6.07, 6.45) is 0. The largest absolute Gasteiger partial charge is 0.491 e. The van der Waals surface area contributed by atoms with Gasteiger partial charge in [0.15, 0.2) is 0 Å². The summed E-state index contributed by atoms with van der Waals surface area (Å²) >= 11 is 5.73. The van der Waals surface area contributed by atoms with E-state index in [0.717, 1.165) is 5.56 Å². The molecule has 0 bridgehead atoms. The van der Waals surface area contributed by atoms with Crippen molar-refractivity contribution < 1.29 is 13.9 Å². The van der Waals surface area contributed by atoms with Crippen LogP contribution in [0.4, 0.5) is 4.39 Å². The van der Waals surface area contributed by atoms with Crippen molar-refractivity contribution >= 4 is 17.5 Å². The first-order valence-electron chi connectivity index (χ1n) is 7.04. The molecular weight excluding hydrogens is 305 g/mol. The standard InChI is InChI=1S/C17H15ClFNO2/c18-11-16(21)20-9-10-22-15-8-4-2-6-13(15)17(20)12-5-1-3-7-14(12)19/h1-8,17H,9-11H2. The quantitative estimate of drug-likeness (QED) is 0.794. The third-order valence-corrected chi connectivity index (χ3v) is 3.98. The number of hydrogen-bond donors (Lipinski definition) is 0. The number of para-hydroxylation sites is 1. The number of nitrogens with zero attached hydrogens (tertiary/aromatic N) is 1. The first kappa shape index (κ1) is 14.9. The highest BCUT2D eigenvalue weighted by molar-refractivity contribution is 6.27. The first-order chi connectivity index (χ1) is 10.7. The summed E-state index contributed by atoms with van der Waals surface area (Å²) in [7, 11) is 0. The van der Waals surface area contributed by atoms with Crippen molar-refractivity contribution in [3.05, 3.63) is 65.5 Å². The summed E-state index contributed by atoms with van der Waals surface area (Å²) in [6.45, 7) is 0.712. The van der Waals surface area contributed by atoms with Crippen molar-refractivity contribution in [2.75, 3.05) is 19.0 Å². The summed E-state index contributed by atoms with van der Waals surface area (Å²) in [4.78, 5) is 13.8. The molecule has 0 radical (unpaired) electrons. The average Bonchev–Trinajstić information content (AvgIpc) is 2.74. The Morgan fingerprint density at radius 2 is 1.86 bits per heavy atom. The van der Waals surface area contributed by atoms with Crippen molar-refractivity contribution in [1.82, 2.24) is 4.90 Å². The van der Waals surface area contributed by atoms with E-state index in [2.05, 4.69) is 0 Å². The fraction of sp³-hybridized carbons (Fsp3) is 0.235. The van der Waals surface area contributed by atoms with Crippen LogP contribution in [0.25, 0.3) is 0 Å². The van der Waals surface area contributed by atoms with Crippen molar-refractivity contribution in [3.63, 3.8) is 0 Å². The SMILES string of the molecule is O=C(CCl)N1CCOc2ccccc2C1c1ccccc1F. The maximum absolute atomic E-state index is 14.3. The van der Waals surface area contributed by atoms with E-state index in [1.807, 2.05) is 24.3 Å². The van der Waals surface area contributed by atoms with Crippen LogP contribution >= 0.6 is 11.6 Å². The van der Waals surface area contributed by atoms with E-state index in [0.29, 0.717) is 24.5 Å². The molecule has 1 unspecified atom stereocenters. The molecule has 2 aromatic rings. The van der Waals surface area contributed by atoms with Crippen LogP contribution in [0.3, 0.4) is 0 Å². The minimum absolute atomic E-state index is 0.146. The number of amides is 1. The Hall–Kier alpha value is -2.07. The molecule has 1 atom stereocenters. The molecule has 0 aliphatic carbocycles. The third kappa shape index (κ3) is 2.66. The van der Waals surface area contributed by atoms with Gasteiger partial charge in [-0.25, -0.2) is 4.39 Å². The van der Waals surface area contributed by atoms with Gasteiger partial charge in [-0.3, -0.25) is 4.79 Å². The Labute approximate surface area is 133 Å². The van der Waals surface area contributed by atoms with Gasteiger partial charge >= 0.3 is 0 Å². The van der Waals surface area contributed by atoms with Crippen LogP contribution in [0.5, 0.6) is 5.75 Å². The van der Waals surface area contributed by atoms with E-state index >= 15 is 0 Å². The molecule has 0 spiro atoms. The first-order valence-corrected chi connectivity index (χ1v) is 7.57. The van der Waals surface area contributed by atoms with Gasteiger partial charge in [0.2, 0.25) is 5.91 Å². The Balaban J connectivity index is 2.18. The smallest absolute Gasteiger partial charge is 0.238 e. The summed E-state index contributed by atoms with van der Waals surface area (Å²) in [5.41, 5.74) is 1.21. The van der Waals surface area contributed by atoms with Crippen molar-refractivity contribution in [1.29, 1.82) is 0 Å². The highest BCUT2D eigenvalue weighted by Gasteiger charge is 2.32. The van der Waals surface area contributed by atoms with Crippen molar-refractivity contribution in [2.24, 2.45) is 0 Å². The minimum atomic E-state index is -0.536. The van der Waals surface area contributed by atoms with Gasteiger partial charge in [0.05, 0.1) is 12.6 Å². The molecule has 0 fully saturated rings. The van der Waals surface area contributed by atoms with Gasteiger partial charge in [0, 0.05) is 11.1 Å². The molecule has 3 nitrogen and oxygen atoms in total. The normalized spacial score (nSPS) is 17.4. The lowest BCUT2D eigenvalue weighted by molar-refractivity contribution is -0.130. The van der Waals surface area contributed by atoms with E-state index in [-0.39, 0.29) is 17.6 Å². The number of carbonyl (C=O) groups excluding carboxylic acids is 1. The van der Waals surface area contributed by atoms with Crippen molar-refractivity contribution in [2.45, 2.75) is 6.04 Å². The number of halogens is 2. The molecular formula is C17H15ClFNO2. The van der Waals surface area contributed by atoms with Crippen molar-refractivity contribution in [3.8, 4) is 5.75 Å². The van der Waals surface area contributed by atoms with Gasteiger partial charge in [-0.05, 0) is 12.1 Å². The number of fused-ring (bicyclic) bond motifs is 1. The van der Waals surface area contributed by atoms with Gasteiger partial charge < -0.3 is 9.64 Å². The number of carbonyl (C=O) groups is 1. The zero-order valence-electron chi connectivity index (χ0n) is 11.8. The molecule has 0 aromatic heterocycles. The molecule has 0 saturated carbocycles. The second kappa shape index (κ2) is 6.36. The highest BCUT2D eigenvalue weighted by Crippen LogP contribution is 2.37. The number of hydrogen-bond acceptors (Lipinski definition) is 2. The molecule has 1 amide bonds. The van der Waals surface area contributed by atoms with Crippen LogP contribution in [0.1, 0.15) is 17.2 Å². The lowest BCUT2D eigenvalue weighted by atomic mass is 9.96. The third-order valence-electron chi connectivity index (χ3n) is 3.75. The predicted octanol–water partition coefficient (Wildman–Crippen LogP) is 3.37. The van der Waals surface area contributed by atoms with Gasteiger partial charge in [0.25, 0.3) is 0 Å².